The van der Waals surface area contributed by atoms with Gasteiger partial charge in [0.05, 0.1) is 5.69 Å². The summed E-state index contributed by atoms with van der Waals surface area (Å²) in [6.45, 7) is 4.74. The molecule has 6 heteroatoms. The molecule has 3 nitrogen and oxygen atoms in total. The lowest BCUT2D eigenvalue weighted by Crippen LogP contribution is -2.25. The minimum absolute atomic E-state index is 0.146. The number of carbonyl (C=O) groups is 1. The molecule has 0 spiro atoms. The molecule has 0 N–H and O–H groups in total. The number of halogens is 3. The van der Waals surface area contributed by atoms with E-state index >= 15 is 0 Å². The number of nitrogens with zero attached hydrogens (tertiary/aromatic N) is 2. The van der Waals surface area contributed by atoms with Crippen molar-refractivity contribution in [3.05, 3.63) is 40.1 Å². The molecule has 90 valence electrons. The summed E-state index contributed by atoms with van der Waals surface area (Å²) in [5, 5.41) is 4.45. The smallest absolute Gasteiger partial charge is 0.266 e. The minimum atomic E-state index is -0.624. The lowest BCUT2D eigenvalue weighted by atomic mass is 10.3. The SMILES string of the molecule is C=NN(C(=O)/C(Cl)=C(\C)Cl)c1ccc(F)cc1. The highest BCUT2D eigenvalue weighted by Crippen LogP contribution is 2.21. The van der Waals surface area contributed by atoms with Gasteiger partial charge in [-0.3, -0.25) is 4.79 Å². The number of carbonyl (C=O) groups excluding carboxylic acids is 1. The molecule has 0 radical (unpaired) electrons. The molecule has 0 aromatic heterocycles. The van der Waals surface area contributed by atoms with Crippen LogP contribution in [0.4, 0.5) is 10.1 Å². The van der Waals surface area contributed by atoms with Crippen LogP contribution in [0.15, 0.2) is 39.4 Å². The second-order valence-corrected chi connectivity index (χ2v) is 4.03. The Labute approximate surface area is 108 Å². The fourth-order valence-corrected chi connectivity index (χ4v) is 1.25. The Morgan fingerprint density at radius 1 is 1.35 bits per heavy atom. The molecular formula is C11H9Cl2FN2O. The molecule has 1 rings (SSSR count). The second-order valence-electron chi connectivity index (χ2n) is 3.08. The van der Waals surface area contributed by atoms with Crippen LogP contribution in [0.25, 0.3) is 0 Å². The summed E-state index contributed by atoms with van der Waals surface area (Å²) in [5.74, 6) is -1.04. The minimum Gasteiger partial charge on any atom is -0.266 e. The quantitative estimate of drug-likeness (QED) is 0.472. The van der Waals surface area contributed by atoms with Crippen LogP contribution in [0.2, 0.25) is 0 Å². The molecule has 1 aromatic rings. The molecule has 0 fully saturated rings. The number of allylic oxidation sites excluding steroid dienone is 1. The summed E-state index contributed by atoms with van der Waals surface area (Å²) in [7, 11) is 0. The Hall–Kier alpha value is -1.39. The predicted octanol–water partition coefficient (Wildman–Crippen LogP) is 3.48. The Morgan fingerprint density at radius 2 is 1.88 bits per heavy atom. The third-order valence-electron chi connectivity index (χ3n) is 1.90. The first kappa shape index (κ1) is 13.7. The molecular weight excluding hydrogens is 266 g/mol. The second kappa shape index (κ2) is 5.80. The topological polar surface area (TPSA) is 32.7 Å². The van der Waals surface area contributed by atoms with Gasteiger partial charge in [0, 0.05) is 11.7 Å². The third-order valence-corrected chi connectivity index (χ3v) is 2.63. The van der Waals surface area contributed by atoms with E-state index in [1.54, 1.807) is 0 Å². The Balaban J connectivity index is 3.09. The molecule has 0 saturated carbocycles. The van der Waals surface area contributed by atoms with Gasteiger partial charge in [-0.25, -0.2) is 4.39 Å². The Bertz CT molecular complexity index is 467. The van der Waals surface area contributed by atoms with Crippen molar-refractivity contribution in [2.75, 3.05) is 5.01 Å². The zero-order chi connectivity index (χ0) is 13.0. The standard InChI is InChI=1S/C11H9Cl2FN2O/c1-7(12)10(13)11(17)16(15-2)9-5-3-8(14)4-6-9/h3-6H,2H2,1H3/b10-7-. The summed E-state index contributed by atoms with van der Waals surface area (Å²) < 4.78 is 12.7. The first-order chi connectivity index (χ1) is 7.97. The number of anilines is 1. The van der Waals surface area contributed by atoms with Crippen LogP contribution in [-0.4, -0.2) is 12.6 Å². The van der Waals surface area contributed by atoms with E-state index in [0.717, 1.165) is 5.01 Å². The molecule has 0 heterocycles. The van der Waals surface area contributed by atoms with Gasteiger partial charge >= 0.3 is 0 Å². The Morgan fingerprint density at radius 3 is 2.29 bits per heavy atom. The van der Waals surface area contributed by atoms with E-state index in [1.807, 2.05) is 0 Å². The largest absolute Gasteiger partial charge is 0.291 e. The average Bonchev–Trinajstić information content (AvgIpc) is 2.31. The van der Waals surface area contributed by atoms with Gasteiger partial charge in [-0.1, -0.05) is 23.2 Å². The highest BCUT2D eigenvalue weighted by atomic mass is 35.5. The lowest BCUT2D eigenvalue weighted by Gasteiger charge is -2.16. The molecule has 0 saturated heterocycles. The van der Waals surface area contributed by atoms with Crippen molar-refractivity contribution in [3.63, 3.8) is 0 Å². The van der Waals surface area contributed by atoms with Gasteiger partial charge in [0.1, 0.15) is 10.8 Å². The van der Waals surface area contributed by atoms with Crippen LogP contribution in [-0.2, 0) is 4.79 Å². The Kier molecular flexibility index (Phi) is 4.66. The molecule has 1 amide bonds. The van der Waals surface area contributed by atoms with E-state index < -0.39 is 11.7 Å². The van der Waals surface area contributed by atoms with Crippen molar-refractivity contribution < 1.29 is 9.18 Å². The van der Waals surface area contributed by atoms with Gasteiger partial charge in [-0.2, -0.15) is 10.1 Å². The van der Waals surface area contributed by atoms with Crippen LogP contribution in [0.3, 0.4) is 0 Å². The number of hydrogen-bond acceptors (Lipinski definition) is 2. The van der Waals surface area contributed by atoms with Gasteiger partial charge in [0.2, 0.25) is 0 Å². The maximum absolute atomic E-state index is 12.7. The van der Waals surface area contributed by atoms with Crippen LogP contribution in [0, 0.1) is 5.82 Å². The van der Waals surface area contributed by atoms with E-state index in [4.69, 9.17) is 23.2 Å². The van der Waals surface area contributed by atoms with Crippen LogP contribution in [0.5, 0.6) is 0 Å². The van der Waals surface area contributed by atoms with Crippen molar-refractivity contribution >= 4 is 41.5 Å². The van der Waals surface area contributed by atoms with Crippen molar-refractivity contribution in [2.45, 2.75) is 6.92 Å². The van der Waals surface area contributed by atoms with E-state index in [9.17, 15) is 9.18 Å². The van der Waals surface area contributed by atoms with Gasteiger partial charge in [0.25, 0.3) is 5.91 Å². The van der Waals surface area contributed by atoms with Crippen molar-refractivity contribution in [2.24, 2.45) is 5.10 Å². The van der Waals surface area contributed by atoms with Gasteiger partial charge in [-0.05, 0) is 31.2 Å². The highest BCUT2D eigenvalue weighted by molar-refractivity contribution is 6.49. The molecule has 0 bridgehead atoms. The molecule has 1 aromatic carbocycles. The lowest BCUT2D eigenvalue weighted by molar-refractivity contribution is -0.114. The third kappa shape index (κ3) is 3.28. The van der Waals surface area contributed by atoms with E-state index in [2.05, 4.69) is 11.8 Å². The van der Waals surface area contributed by atoms with Crippen molar-refractivity contribution in [3.8, 4) is 0 Å². The number of benzene rings is 1. The first-order valence-electron chi connectivity index (χ1n) is 4.56. The normalized spacial score (nSPS) is 11.8. The zero-order valence-electron chi connectivity index (χ0n) is 8.95. The molecule has 0 aliphatic carbocycles. The van der Waals surface area contributed by atoms with Crippen LogP contribution >= 0.6 is 23.2 Å². The van der Waals surface area contributed by atoms with Gasteiger partial charge in [-0.15, -0.1) is 0 Å². The summed E-state index contributed by atoms with van der Waals surface area (Å²) in [6.07, 6.45) is 0. The summed E-state index contributed by atoms with van der Waals surface area (Å²) >= 11 is 11.3. The number of hydrogen-bond donors (Lipinski definition) is 0. The number of hydrazone groups is 1. The molecule has 0 unspecified atom stereocenters. The summed E-state index contributed by atoms with van der Waals surface area (Å²) in [6, 6.07) is 5.17. The first-order valence-corrected chi connectivity index (χ1v) is 5.31. The molecule has 0 aliphatic heterocycles. The van der Waals surface area contributed by atoms with Crippen LogP contribution < -0.4 is 5.01 Å². The van der Waals surface area contributed by atoms with Crippen molar-refractivity contribution in [1.29, 1.82) is 0 Å². The average molecular weight is 275 g/mol. The van der Waals surface area contributed by atoms with E-state index in [0.29, 0.717) is 5.69 Å². The maximum atomic E-state index is 12.7. The van der Waals surface area contributed by atoms with Gasteiger partial charge < -0.3 is 0 Å². The highest BCUT2D eigenvalue weighted by Gasteiger charge is 2.19. The molecule has 0 atom stereocenters. The van der Waals surface area contributed by atoms with E-state index in [1.165, 1.54) is 31.2 Å². The summed E-state index contributed by atoms with van der Waals surface area (Å²) in [5.41, 5.74) is 0.350. The zero-order valence-corrected chi connectivity index (χ0v) is 10.5. The number of rotatable bonds is 3. The monoisotopic (exact) mass is 274 g/mol. The fourth-order valence-electron chi connectivity index (χ4n) is 1.09. The van der Waals surface area contributed by atoms with Crippen LogP contribution in [0.1, 0.15) is 6.92 Å². The summed E-state index contributed by atoms with van der Waals surface area (Å²) in [4.78, 5) is 11.8. The molecule has 17 heavy (non-hydrogen) atoms. The fraction of sp³-hybridized carbons (Fsp3) is 0.0909. The molecule has 0 aliphatic rings. The van der Waals surface area contributed by atoms with Gasteiger partial charge in [0.15, 0.2) is 0 Å². The van der Waals surface area contributed by atoms with E-state index in [-0.39, 0.29) is 10.1 Å². The maximum Gasteiger partial charge on any atom is 0.291 e. The predicted molar refractivity (Wildman–Crippen MR) is 67.8 cm³/mol. The van der Waals surface area contributed by atoms with Crippen molar-refractivity contribution in [1.82, 2.24) is 0 Å². The number of amides is 1.